The Morgan fingerprint density at radius 3 is 2.27 bits per heavy atom. The van der Waals surface area contributed by atoms with Crippen molar-refractivity contribution in [1.29, 1.82) is 0 Å². The predicted molar refractivity (Wildman–Crippen MR) is 85.9 cm³/mol. The first-order valence-electron chi connectivity index (χ1n) is 7.91. The number of benzene rings is 1. The van der Waals surface area contributed by atoms with Crippen molar-refractivity contribution in [1.82, 2.24) is 4.90 Å². The average molecular weight is 303 g/mol. The van der Waals surface area contributed by atoms with Gasteiger partial charge in [-0.05, 0) is 39.5 Å². The van der Waals surface area contributed by atoms with E-state index in [1.165, 1.54) is 0 Å². The summed E-state index contributed by atoms with van der Waals surface area (Å²) in [6.07, 6.45) is 2.03. The van der Waals surface area contributed by atoms with Crippen LogP contribution in [0.5, 0.6) is 0 Å². The molecular weight excluding hydrogens is 278 g/mol. The van der Waals surface area contributed by atoms with E-state index < -0.39 is 5.60 Å². The van der Waals surface area contributed by atoms with Crippen LogP contribution in [0.15, 0.2) is 30.3 Å². The van der Waals surface area contributed by atoms with Crippen molar-refractivity contribution in [2.45, 2.75) is 45.6 Å². The number of ether oxygens (including phenoxy) is 1. The standard InChI is InChI=1S/C18H25NO3/c1-18(2,3)22-17(21)19-11-9-14(10-12-19)13-16(20)15-7-5-4-6-8-15/h4-8,14H,9-13H2,1-3H3. The van der Waals surface area contributed by atoms with Crippen molar-refractivity contribution in [3.8, 4) is 0 Å². The minimum atomic E-state index is -0.461. The van der Waals surface area contributed by atoms with Crippen molar-refractivity contribution in [3.05, 3.63) is 35.9 Å². The lowest BCUT2D eigenvalue weighted by Crippen LogP contribution is -2.42. The first-order valence-corrected chi connectivity index (χ1v) is 7.91. The molecule has 4 nitrogen and oxygen atoms in total. The van der Waals surface area contributed by atoms with Crippen molar-refractivity contribution < 1.29 is 14.3 Å². The van der Waals surface area contributed by atoms with E-state index in [9.17, 15) is 9.59 Å². The molecule has 1 aliphatic rings. The highest BCUT2D eigenvalue weighted by atomic mass is 16.6. The molecule has 22 heavy (non-hydrogen) atoms. The molecule has 0 spiro atoms. The molecule has 1 aliphatic heterocycles. The lowest BCUT2D eigenvalue weighted by molar-refractivity contribution is 0.0183. The van der Waals surface area contributed by atoms with Gasteiger partial charge in [0.05, 0.1) is 0 Å². The van der Waals surface area contributed by atoms with Crippen molar-refractivity contribution in [3.63, 3.8) is 0 Å². The summed E-state index contributed by atoms with van der Waals surface area (Å²) in [6.45, 7) is 6.95. The Labute approximate surface area is 132 Å². The number of likely N-dealkylation sites (tertiary alicyclic amines) is 1. The van der Waals surface area contributed by atoms with Crippen LogP contribution in [0, 0.1) is 5.92 Å². The Kier molecular flexibility index (Phi) is 5.22. The highest BCUT2D eigenvalue weighted by Crippen LogP contribution is 2.23. The Morgan fingerprint density at radius 1 is 1.14 bits per heavy atom. The molecular formula is C18H25NO3. The van der Waals surface area contributed by atoms with Crippen molar-refractivity contribution in [2.75, 3.05) is 13.1 Å². The van der Waals surface area contributed by atoms with Gasteiger partial charge in [0.1, 0.15) is 5.60 Å². The zero-order valence-electron chi connectivity index (χ0n) is 13.7. The molecule has 1 saturated heterocycles. The minimum Gasteiger partial charge on any atom is -0.444 e. The van der Waals surface area contributed by atoms with Crippen LogP contribution in [-0.2, 0) is 4.74 Å². The Balaban J connectivity index is 1.80. The largest absolute Gasteiger partial charge is 0.444 e. The lowest BCUT2D eigenvalue weighted by Gasteiger charge is -2.33. The average Bonchev–Trinajstić information content (AvgIpc) is 2.47. The fourth-order valence-electron chi connectivity index (χ4n) is 2.65. The van der Waals surface area contributed by atoms with Crippen LogP contribution in [0.25, 0.3) is 0 Å². The predicted octanol–water partition coefficient (Wildman–Crippen LogP) is 3.91. The van der Waals surface area contributed by atoms with E-state index in [1.807, 2.05) is 51.1 Å². The quantitative estimate of drug-likeness (QED) is 0.795. The van der Waals surface area contributed by atoms with Crippen molar-refractivity contribution >= 4 is 11.9 Å². The van der Waals surface area contributed by atoms with Crippen LogP contribution in [-0.4, -0.2) is 35.5 Å². The van der Waals surface area contributed by atoms with Crippen molar-refractivity contribution in [2.24, 2.45) is 5.92 Å². The van der Waals surface area contributed by atoms with Crippen LogP contribution >= 0.6 is 0 Å². The smallest absolute Gasteiger partial charge is 0.410 e. The molecule has 2 rings (SSSR count). The second kappa shape index (κ2) is 6.95. The number of rotatable bonds is 3. The highest BCUT2D eigenvalue weighted by molar-refractivity contribution is 5.96. The molecule has 0 atom stereocenters. The number of Topliss-reactive ketones (excluding diaryl/α,β-unsaturated/α-hetero) is 1. The molecule has 0 aromatic heterocycles. The number of ketones is 1. The summed E-state index contributed by atoms with van der Waals surface area (Å²) in [4.78, 5) is 26.0. The number of piperidine rings is 1. The van der Waals surface area contributed by atoms with Crippen LogP contribution in [0.3, 0.4) is 0 Å². The van der Waals surface area contributed by atoms with Crippen LogP contribution in [0.4, 0.5) is 4.79 Å². The molecule has 0 unspecified atom stereocenters. The summed E-state index contributed by atoms with van der Waals surface area (Å²) >= 11 is 0. The monoisotopic (exact) mass is 303 g/mol. The maximum Gasteiger partial charge on any atom is 0.410 e. The summed E-state index contributed by atoms with van der Waals surface area (Å²) in [5.74, 6) is 0.544. The topological polar surface area (TPSA) is 46.6 Å². The Hall–Kier alpha value is -1.84. The van der Waals surface area contributed by atoms with Gasteiger partial charge in [-0.25, -0.2) is 4.79 Å². The van der Waals surface area contributed by atoms with Gasteiger partial charge in [-0.1, -0.05) is 30.3 Å². The van der Waals surface area contributed by atoms with Gasteiger partial charge in [0.25, 0.3) is 0 Å². The van der Waals surface area contributed by atoms with Gasteiger partial charge in [0, 0.05) is 25.1 Å². The second-order valence-corrected chi connectivity index (χ2v) is 6.90. The molecule has 120 valence electrons. The molecule has 1 amide bonds. The number of amides is 1. The van der Waals surface area contributed by atoms with E-state index in [0.29, 0.717) is 25.4 Å². The van der Waals surface area contributed by atoms with E-state index >= 15 is 0 Å². The summed E-state index contributed by atoms with van der Waals surface area (Å²) in [7, 11) is 0. The first kappa shape index (κ1) is 16.5. The van der Waals surface area contributed by atoms with E-state index in [0.717, 1.165) is 18.4 Å². The first-order chi connectivity index (χ1) is 10.3. The highest BCUT2D eigenvalue weighted by Gasteiger charge is 2.27. The second-order valence-electron chi connectivity index (χ2n) is 6.90. The third kappa shape index (κ3) is 4.86. The molecule has 0 bridgehead atoms. The summed E-state index contributed by atoms with van der Waals surface area (Å²) in [6, 6.07) is 9.41. The molecule has 1 fully saturated rings. The summed E-state index contributed by atoms with van der Waals surface area (Å²) in [5, 5.41) is 0. The van der Waals surface area contributed by atoms with Gasteiger partial charge >= 0.3 is 6.09 Å². The molecule has 4 heteroatoms. The van der Waals surface area contributed by atoms with Gasteiger partial charge in [-0.15, -0.1) is 0 Å². The summed E-state index contributed by atoms with van der Waals surface area (Å²) < 4.78 is 5.38. The molecule has 0 aliphatic carbocycles. The maximum absolute atomic E-state index is 12.2. The molecule has 1 aromatic rings. The fraction of sp³-hybridized carbons (Fsp3) is 0.556. The zero-order chi connectivity index (χ0) is 16.2. The molecule has 1 aromatic carbocycles. The third-order valence-electron chi connectivity index (χ3n) is 3.84. The van der Waals surface area contributed by atoms with Crippen LogP contribution < -0.4 is 0 Å². The van der Waals surface area contributed by atoms with E-state index in [4.69, 9.17) is 4.74 Å². The third-order valence-corrected chi connectivity index (χ3v) is 3.84. The normalized spacial score (nSPS) is 16.4. The van der Waals surface area contributed by atoms with Gasteiger partial charge in [0.15, 0.2) is 5.78 Å². The van der Waals surface area contributed by atoms with Gasteiger partial charge in [0.2, 0.25) is 0 Å². The number of hydrogen-bond donors (Lipinski definition) is 0. The minimum absolute atomic E-state index is 0.191. The van der Waals surface area contributed by atoms with Gasteiger partial charge < -0.3 is 9.64 Å². The molecule has 0 N–H and O–H groups in total. The van der Waals surface area contributed by atoms with Gasteiger partial charge in [-0.3, -0.25) is 4.79 Å². The Bertz CT molecular complexity index is 511. The zero-order valence-corrected chi connectivity index (χ0v) is 13.7. The van der Waals surface area contributed by atoms with E-state index in [-0.39, 0.29) is 11.9 Å². The lowest BCUT2D eigenvalue weighted by atomic mass is 9.90. The maximum atomic E-state index is 12.2. The van der Waals surface area contributed by atoms with E-state index in [1.54, 1.807) is 4.90 Å². The molecule has 0 radical (unpaired) electrons. The fourth-order valence-corrected chi connectivity index (χ4v) is 2.65. The molecule has 1 heterocycles. The summed E-state index contributed by atoms with van der Waals surface area (Å²) in [5.41, 5.74) is 0.314. The number of nitrogens with zero attached hydrogens (tertiary/aromatic N) is 1. The van der Waals surface area contributed by atoms with Crippen LogP contribution in [0.2, 0.25) is 0 Å². The van der Waals surface area contributed by atoms with Gasteiger partial charge in [-0.2, -0.15) is 0 Å². The Morgan fingerprint density at radius 2 is 1.73 bits per heavy atom. The van der Waals surface area contributed by atoms with Crippen LogP contribution in [0.1, 0.15) is 50.4 Å². The SMILES string of the molecule is CC(C)(C)OC(=O)N1CCC(CC(=O)c2ccccc2)CC1. The number of carbonyl (C=O) groups is 2. The number of hydrogen-bond acceptors (Lipinski definition) is 3. The number of carbonyl (C=O) groups excluding carboxylic acids is 2. The van der Waals surface area contributed by atoms with E-state index in [2.05, 4.69) is 0 Å². The molecule has 0 saturated carbocycles.